The van der Waals surface area contributed by atoms with Crippen molar-refractivity contribution in [1.82, 2.24) is 0 Å². The third-order valence-electron chi connectivity index (χ3n) is 1.91. The molecular formula is C8H8BrFO2S. The molecule has 0 unspecified atom stereocenters. The molecule has 1 aromatic heterocycles. The van der Waals surface area contributed by atoms with Gasteiger partial charge >= 0.3 is 0 Å². The molecule has 0 N–H and O–H groups in total. The van der Waals surface area contributed by atoms with Crippen molar-refractivity contribution in [3.05, 3.63) is 20.5 Å². The van der Waals surface area contributed by atoms with E-state index >= 15 is 0 Å². The van der Waals surface area contributed by atoms with Gasteiger partial charge in [0.1, 0.15) is 10.7 Å². The predicted molar refractivity (Wildman–Crippen MR) is 51.2 cm³/mol. The number of hydrogen-bond acceptors (Lipinski definition) is 3. The molecule has 0 amide bonds. The lowest BCUT2D eigenvalue weighted by atomic mass is 10.2. The van der Waals surface area contributed by atoms with E-state index in [1.807, 2.05) is 0 Å². The van der Waals surface area contributed by atoms with Gasteiger partial charge in [-0.3, -0.25) is 0 Å². The average molecular weight is 267 g/mol. The van der Waals surface area contributed by atoms with Gasteiger partial charge in [0, 0.05) is 0 Å². The molecule has 0 spiro atoms. The van der Waals surface area contributed by atoms with Crippen LogP contribution in [0.3, 0.4) is 0 Å². The number of hydrogen-bond donors (Lipinski definition) is 0. The van der Waals surface area contributed by atoms with Crippen molar-refractivity contribution in [2.45, 2.75) is 12.7 Å². The minimum Gasteiger partial charge on any atom is -0.343 e. The molecule has 0 atom stereocenters. The molecule has 1 fully saturated rings. The third-order valence-corrected chi connectivity index (χ3v) is 3.70. The second kappa shape index (κ2) is 3.31. The summed E-state index contributed by atoms with van der Waals surface area (Å²) >= 11 is 4.52. The molecule has 2 rings (SSSR count). The summed E-state index contributed by atoms with van der Waals surface area (Å²) in [5.74, 6) is -1.16. The van der Waals surface area contributed by atoms with E-state index in [1.165, 1.54) is 17.4 Å². The molecule has 0 aromatic carbocycles. The molecule has 0 saturated carbocycles. The summed E-state index contributed by atoms with van der Waals surface area (Å²) in [5, 5.41) is 0. The summed E-state index contributed by atoms with van der Waals surface area (Å²) in [6, 6.07) is 1.43. The Morgan fingerprint density at radius 3 is 2.62 bits per heavy atom. The lowest BCUT2D eigenvalue weighted by Gasteiger charge is -2.20. The smallest absolute Gasteiger partial charge is 0.204 e. The summed E-state index contributed by atoms with van der Waals surface area (Å²) in [7, 11) is 0. The third kappa shape index (κ3) is 1.66. The van der Waals surface area contributed by atoms with E-state index in [0.717, 1.165) is 3.79 Å². The van der Waals surface area contributed by atoms with E-state index in [-0.39, 0.29) is 5.82 Å². The first-order chi connectivity index (χ1) is 6.12. The molecule has 0 radical (unpaired) electrons. The Bertz CT molecular complexity index is 320. The molecule has 0 aliphatic carbocycles. The zero-order chi connectivity index (χ0) is 9.47. The summed E-state index contributed by atoms with van der Waals surface area (Å²) in [6.45, 7) is 2.78. The summed E-state index contributed by atoms with van der Waals surface area (Å²) in [4.78, 5) is 0.497. The maximum Gasteiger partial charge on any atom is 0.204 e. The Labute approximate surface area is 87.8 Å². The van der Waals surface area contributed by atoms with E-state index in [9.17, 15) is 4.39 Å². The highest BCUT2D eigenvalue weighted by molar-refractivity contribution is 9.11. The molecule has 1 aliphatic heterocycles. The Kier molecular flexibility index (Phi) is 2.44. The van der Waals surface area contributed by atoms with Gasteiger partial charge in [-0.25, -0.2) is 4.39 Å². The second-order valence-corrected chi connectivity index (χ2v) is 5.30. The molecule has 72 valence electrons. The van der Waals surface area contributed by atoms with Gasteiger partial charge in [0.2, 0.25) is 5.79 Å². The van der Waals surface area contributed by atoms with Crippen molar-refractivity contribution in [2.75, 3.05) is 13.2 Å². The van der Waals surface area contributed by atoms with Crippen LogP contribution in [-0.2, 0) is 15.3 Å². The maximum absolute atomic E-state index is 13.3. The molecule has 1 saturated heterocycles. The van der Waals surface area contributed by atoms with E-state index in [0.29, 0.717) is 18.1 Å². The lowest BCUT2D eigenvalue weighted by molar-refractivity contribution is -0.148. The quantitative estimate of drug-likeness (QED) is 0.779. The van der Waals surface area contributed by atoms with Crippen LogP contribution < -0.4 is 0 Å². The minimum absolute atomic E-state index is 0.277. The van der Waals surface area contributed by atoms with Crippen LogP contribution in [0.1, 0.15) is 11.8 Å². The van der Waals surface area contributed by atoms with Crippen LogP contribution in [0.15, 0.2) is 9.85 Å². The standard InChI is InChI=1S/C8H8BrFO2S/c1-8(11-2-3-12-8)7-5(10)4-6(9)13-7/h4H,2-3H2,1H3. The highest BCUT2D eigenvalue weighted by Crippen LogP contribution is 2.39. The number of rotatable bonds is 1. The van der Waals surface area contributed by atoms with Crippen LogP contribution >= 0.6 is 27.3 Å². The van der Waals surface area contributed by atoms with Gasteiger partial charge < -0.3 is 9.47 Å². The first-order valence-electron chi connectivity index (χ1n) is 3.85. The van der Waals surface area contributed by atoms with Crippen molar-refractivity contribution in [3.8, 4) is 0 Å². The summed E-state index contributed by atoms with van der Waals surface area (Å²) < 4.78 is 24.8. The molecule has 13 heavy (non-hydrogen) atoms. The van der Waals surface area contributed by atoms with Gasteiger partial charge in [0.15, 0.2) is 0 Å². The van der Waals surface area contributed by atoms with Crippen molar-refractivity contribution >= 4 is 27.3 Å². The van der Waals surface area contributed by atoms with Gasteiger partial charge in [-0.15, -0.1) is 11.3 Å². The van der Waals surface area contributed by atoms with Crippen LogP contribution in [0.25, 0.3) is 0 Å². The Balaban J connectivity index is 2.38. The van der Waals surface area contributed by atoms with Crippen LogP contribution in [0.5, 0.6) is 0 Å². The predicted octanol–water partition coefficient (Wildman–Crippen LogP) is 2.87. The van der Waals surface area contributed by atoms with E-state index in [1.54, 1.807) is 6.92 Å². The Morgan fingerprint density at radius 1 is 1.54 bits per heavy atom. The van der Waals surface area contributed by atoms with Crippen LogP contribution in [-0.4, -0.2) is 13.2 Å². The average Bonchev–Trinajstić information content (AvgIpc) is 2.59. The Morgan fingerprint density at radius 2 is 2.15 bits per heavy atom. The van der Waals surface area contributed by atoms with Gasteiger partial charge in [0.05, 0.1) is 17.0 Å². The number of thiophene rings is 1. The Hall–Kier alpha value is 0.0300. The molecule has 5 heteroatoms. The highest BCUT2D eigenvalue weighted by Gasteiger charge is 2.37. The van der Waals surface area contributed by atoms with Crippen LogP contribution in [0.2, 0.25) is 0 Å². The molecule has 0 bridgehead atoms. The highest BCUT2D eigenvalue weighted by atomic mass is 79.9. The molecule has 2 nitrogen and oxygen atoms in total. The van der Waals surface area contributed by atoms with Gasteiger partial charge in [-0.2, -0.15) is 0 Å². The van der Waals surface area contributed by atoms with Gasteiger partial charge in [-0.1, -0.05) is 0 Å². The second-order valence-electron chi connectivity index (χ2n) is 2.87. The number of halogens is 2. The van der Waals surface area contributed by atoms with E-state index in [2.05, 4.69) is 15.9 Å². The van der Waals surface area contributed by atoms with E-state index < -0.39 is 5.79 Å². The normalized spacial score (nSPS) is 20.8. The summed E-state index contributed by atoms with van der Waals surface area (Å²) in [5.41, 5.74) is 0. The lowest BCUT2D eigenvalue weighted by Crippen LogP contribution is -2.21. The maximum atomic E-state index is 13.3. The zero-order valence-corrected chi connectivity index (χ0v) is 9.37. The molecule has 2 heterocycles. The van der Waals surface area contributed by atoms with Crippen LogP contribution in [0.4, 0.5) is 4.39 Å². The SMILES string of the molecule is CC1(c2sc(Br)cc2F)OCCO1. The first kappa shape index (κ1) is 9.58. The fraction of sp³-hybridized carbons (Fsp3) is 0.500. The molecule has 1 aromatic rings. The van der Waals surface area contributed by atoms with E-state index in [4.69, 9.17) is 9.47 Å². The van der Waals surface area contributed by atoms with Gasteiger partial charge in [0.25, 0.3) is 0 Å². The van der Waals surface area contributed by atoms with Crippen molar-refractivity contribution in [1.29, 1.82) is 0 Å². The molecule has 1 aliphatic rings. The largest absolute Gasteiger partial charge is 0.343 e. The topological polar surface area (TPSA) is 18.5 Å². The van der Waals surface area contributed by atoms with Crippen molar-refractivity contribution in [2.24, 2.45) is 0 Å². The van der Waals surface area contributed by atoms with Gasteiger partial charge in [-0.05, 0) is 28.9 Å². The van der Waals surface area contributed by atoms with Crippen molar-refractivity contribution < 1.29 is 13.9 Å². The fourth-order valence-electron chi connectivity index (χ4n) is 1.30. The number of ether oxygens (including phenoxy) is 2. The monoisotopic (exact) mass is 266 g/mol. The zero-order valence-electron chi connectivity index (χ0n) is 6.97. The fourth-order valence-corrected chi connectivity index (χ4v) is 2.80. The van der Waals surface area contributed by atoms with Crippen LogP contribution in [0, 0.1) is 5.82 Å². The first-order valence-corrected chi connectivity index (χ1v) is 5.46. The van der Waals surface area contributed by atoms with Crippen molar-refractivity contribution in [3.63, 3.8) is 0 Å². The summed E-state index contributed by atoms with van der Waals surface area (Å²) in [6.07, 6.45) is 0. The minimum atomic E-state index is -0.888. The molecular weight excluding hydrogens is 259 g/mol.